The van der Waals surface area contributed by atoms with Crippen LogP contribution in [-0.4, -0.2) is 69.2 Å². The second-order valence-corrected chi connectivity index (χ2v) is 7.56. The number of rotatable bonds is 7. The number of ether oxygens (including phenoxy) is 1. The van der Waals surface area contributed by atoms with Crippen LogP contribution in [0.3, 0.4) is 0 Å². The first-order chi connectivity index (χ1) is 13.5. The van der Waals surface area contributed by atoms with Gasteiger partial charge in [-0.2, -0.15) is 0 Å². The molecule has 0 spiro atoms. The van der Waals surface area contributed by atoms with Crippen molar-refractivity contribution in [1.29, 1.82) is 0 Å². The fourth-order valence-corrected chi connectivity index (χ4v) is 3.44. The van der Waals surface area contributed by atoms with Gasteiger partial charge in [0.15, 0.2) is 0 Å². The summed E-state index contributed by atoms with van der Waals surface area (Å²) in [4.78, 5) is 19.7. The van der Waals surface area contributed by atoms with Crippen LogP contribution in [0.1, 0.15) is 21.5 Å². The smallest absolute Gasteiger partial charge is 0.254 e. The molecule has 0 radical (unpaired) electrons. The van der Waals surface area contributed by atoms with Crippen molar-refractivity contribution in [1.82, 2.24) is 9.80 Å². The Labute approximate surface area is 168 Å². The fraction of sp³-hybridized carbons (Fsp3) is 0.435. The molecule has 5 heteroatoms. The highest BCUT2D eigenvalue weighted by atomic mass is 16.5. The summed E-state index contributed by atoms with van der Waals surface area (Å²) in [5.74, 6) is 0.100. The molecule has 1 amide bonds. The third-order valence-electron chi connectivity index (χ3n) is 5.28. The molecule has 3 rings (SSSR count). The molecule has 1 aliphatic rings. The van der Waals surface area contributed by atoms with Crippen molar-refractivity contribution in [2.45, 2.75) is 13.5 Å². The van der Waals surface area contributed by atoms with Crippen molar-refractivity contribution in [3.05, 3.63) is 65.2 Å². The molecule has 0 N–H and O–H groups in total. The first-order valence-corrected chi connectivity index (χ1v) is 9.96. The Hall–Kier alpha value is -2.37. The zero-order valence-corrected chi connectivity index (χ0v) is 17.2. The molecule has 0 aromatic heterocycles. The first-order valence-electron chi connectivity index (χ1n) is 9.96. The summed E-state index contributed by atoms with van der Waals surface area (Å²) in [5, 5.41) is 0. The summed E-state index contributed by atoms with van der Waals surface area (Å²) in [6, 6.07) is 16.3. The maximum Gasteiger partial charge on any atom is 0.254 e. The zero-order chi connectivity index (χ0) is 19.9. The minimum atomic E-state index is 0.100. The molecule has 28 heavy (non-hydrogen) atoms. The number of carbonyl (C=O) groups excluding carboxylic acids is 1. The second-order valence-electron chi connectivity index (χ2n) is 7.56. The zero-order valence-electron chi connectivity index (χ0n) is 17.2. The fourth-order valence-electron chi connectivity index (χ4n) is 3.44. The minimum absolute atomic E-state index is 0.100. The largest absolute Gasteiger partial charge is 0.379 e. The average molecular weight is 382 g/mol. The lowest BCUT2D eigenvalue weighted by molar-refractivity contribution is 0.0320. The molecule has 150 valence electrons. The van der Waals surface area contributed by atoms with Crippen molar-refractivity contribution < 1.29 is 9.53 Å². The van der Waals surface area contributed by atoms with E-state index in [9.17, 15) is 4.79 Å². The molecular weight excluding hydrogens is 350 g/mol. The number of aryl methyl sites for hydroxylation is 1. The second kappa shape index (κ2) is 9.71. The van der Waals surface area contributed by atoms with Crippen molar-refractivity contribution in [2.24, 2.45) is 0 Å². The number of morpholine rings is 1. The van der Waals surface area contributed by atoms with Gasteiger partial charge in [0, 0.05) is 58.1 Å². The highest BCUT2D eigenvalue weighted by Gasteiger charge is 2.19. The average Bonchev–Trinajstić information content (AvgIpc) is 2.72. The van der Waals surface area contributed by atoms with E-state index in [-0.39, 0.29) is 5.91 Å². The van der Waals surface area contributed by atoms with E-state index < -0.39 is 0 Å². The standard InChI is InChI=1S/C23H31N3O2/c1-19-6-4-5-7-22(19)23(27)26(13-12-25-14-16-28-17-15-25)18-20-8-10-21(11-9-20)24(2)3/h4-11H,12-18H2,1-3H3. The predicted molar refractivity (Wildman–Crippen MR) is 114 cm³/mol. The molecule has 1 aliphatic heterocycles. The Morgan fingerprint density at radius 2 is 1.71 bits per heavy atom. The maximum absolute atomic E-state index is 13.3. The topological polar surface area (TPSA) is 36.0 Å². The lowest BCUT2D eigenvalue weighted by atomic mass is 10.1. The summed E-state index contributed by atoms with van der Waals surface area (Å²) in [5.41, 5.74) is 4.12. The van der Waals surface area contributed by atoms with Crippen molar-refractivity contribution in [3.8, 4) is 0 Å². The number of hydrogen-bond acceptors (Lipinski definition) is 4. The molecule has 2 aromatic rings. The van der Waals surface area contributed by atoms with Crippen LogP contribution in [0, 0.1) is 6.92 Å². The van der Waals surface area contributed by atoms with E-state index in [0.717, 1.165) is 55.2 Å². The summed E-state index contributed by atoms with van der Waals surface area (Å²) in [6.45, 7) is 7.62. The van der Waals surface area contributed by atoms with Gasteiger partial charge in [0.2, 0.25) is 0 Å². The van der Waals surface area contributed by atoms with Crippen LogP contribution in [0.25, 0.3) is 0 Å². The quantitative estimate of drug-likeness (QED) is 0.739. The van der Waals surface area contributed by atoms with E-state index in [2.05, 4.69) is 34.1 Å². The van der Waals surface area contributed by atoms with E-state index in [1.807, 2.05) is 50.2 Å². The van der Waals surface area contributed by atoms with Gasteiger partial charge >= 0.3 is 0 Å². The summed E-state index contributed by atoms with van der Waals surface area (Å²) >= 11 is 0. The summed E-state index contributed by atoms with van der Waals surface area (Å²) in [7, 11) is 4.07. The van der Waals surface area contributed by atoms with Gasteiger partial charge in [-0.25, -0.2) is 0 Å². The van der Waals surface area contributed by atoms with Crippen LogP contribution >= 0.6 is 0 Å². The van der Waals surface area contributed by atoms with Crippen LogP contribution < -0.4 is 4.90 Å². The van der Waals surface area contributed by atoms with Crippen LogP contribution in [-0.2, 0) is 11.3 Å². The molecule has 0 unspecified atom stereocenters. The van der Waals surface area contributed by atoms with Crippen LogP contribution in [0.5, 0.6) is 0 Å². The Morgan fingerprint density at radius 1 is 1.04 bits per heavy atom. The number of anilines is 1. The molecule has 0 bridgehead atoms. The van der Waals surface area contributed by atoms with E-state index in [4.69, 9.17) is 4.74 Å². The molecule has 0 saturated carbocycles. The number of amides is 1. The van der Waals surface area contributed by atoms with E-state index in [1.165, 1.54) is 0 Å². The normalized spacial score (nSPS) is 14.7. The summed E-state index contributed by atoms with van der Waals surface area (Å²) < 4.78 is 5.44. The number of hydrogen-bond donors (Lipinski definition) is 0. The van der Waals surface area contributed by atoms with Gasteiger partial charge in [0.05, 0.1) is 13.2 Å². The molecular formula is C23H31N3O2. The maximum atomic E-state index is 13.3. The Balaban J connectivity index is 1.74. The van der Waals surface area contributed by atoms with Crippen LogP contribution in [0.2, 0.25) is 0 Å². The van der Waals surface area contributed by atoms with Crippen molar-refractivity contribution in [2.75, 3.05) is 58.4 Å². The Kier molecular flexibility index (Phi) is 7.06. The molecule has 1 fully saturated rings. The van der Waals surface area contributed by atoms with Gasteiger partial charge in [-0.3, -0.25) is 9.69 Å². The predicted octanol–water partition coefficient (Wildman–Crippen LogP) is 3.04. The molecule has 1 saturated heterocycles. The van der Waals surface area contributed by atoms with Crippen LogP contribution in [0.15, 0.2) is 48.5 Å². The minimum Gasteiger partial charge on any atom is -0.379 e. The van der Waals surface area contributed by atoms with Crippen molar-refractivity contribution >= 4 is 11.6 Å². The van der Waals surface area contributed by atoms with Crippen LogP contribution in [0.4, 0.5) is 5.69 Å². The number of benzene rings is 2. The third kappa shape index (κ3) is 5.33. The van der Waals surface area contributed by atoms with Gasteiger partial charge in [0.1, 0.15) is 0 Å². The van der Waals surface area contributed by atoms with Gasteiger partial charge in [-0.1, -0.05) is 30.3 Å². The molecule has 0 aliphatic carbocycles. The highest BCUT2D eigenvalue weighted by Crippen LogP contribution is 2.17. The lowest BCUT2D eigenvalue weighted by Crippen LogP contribution is -2.43. The van der Waals surface area contributed by atoms with E-state index >= 15 is 0 Å². The number of carbonyl (C=O) groups is 1. The number of nitrogens with zero attached hydrogens (tertiary/aromatic N) is 3. The van der Waals surface area contributed by atoms with E-state index in [0.29, 0.717) is 13.1 Å². The molecule has 2 aromatic carbocycles. The van der Waals surface area contributed by atoms with Gasteiger partial charge in [-0.05, 0) is 36.2 Å². The van der Waals surface area contributed by atoms with Gasteiger partial charge in [0.25, 0.3) is 5.91 Å². The van der Waals surface area contributed by atoms with Crippen molar-refractivity contribution in [3.63, 3.8) is 0 Å². The Morgan fingerprint density at radius 3 is 2.36 bits per heavy atom. The highest BCUT2D eigenvalue weighted by molar-refractivity contribution is 5.95. The third-order valence-corrected chi connectivity index (χ3v) is 5.28. The van der Waals surface area contributed by atoms with E-state index in [1.54, 1.807) is 0 Å². The van der Waals surface area contributed by atoms with Gasteiger partial charge < -0.3 is 14.5 Å². The Bertz CT molecular complexity index is 768. The summed E-state index contributed by atoms with van der Waals surface area (Å²) in [6.07, 6.45) is 0. The SMILES string of the molecule is Cc1ccccc1C(=O)N(CCN1CCOCC1)Cc1ccc(N(C)C)cc1. The first kappa shape index (κ1) is 20.4. The monoisotopic (exact) mass is 381 g/mol. The lowest BCUT2D eigenvalue weighted by Gasteiger charge is -2.30. The molecule has 1 heterocycles. The molecule has 5 nitrogen and oxygen atoms in total. The molecule has 0 atom stereocenters. The van der Waals surface area contributed by atoms with Gasteiger partial charge in [-0.15, -0.1) is 0 Å².